The second-order valence-electron chi connectivity index (χ2n) is 5.98. The van der Waals surface area contributed by atoms with Gasteiger partial charge in [0, 0.05) is 35.8 Å². The quantitative estimate of drug-likeness (QED) is 0.757. The molecule has 2 aromatic heterocycles. The van der Waals surface area contributed by atoms with Gasteiger partial charge < -0.3 is 10.6 Å². The van der Waals surface area contributed by atoms with Gasteiger partial charge in [-0.2, -0.15) is 0 Å². The fourth-order valence-electron chi connectivity index (χ4n) is 3.12. The van der Waals surface area contributed by atoms with Crippen LogP contribution in [0, 0.1) is 0 Å². The molecule has 5 nitrogen and oxygen atoms in total. The summed E-state index contributed by atoms with van der Waals surface area (Å²) >= 11 is 1.44. The molecule has 126 valence electrons. The van der Waals surface area contributed by atoms with Crippen LogP contribution in [0.3, 0.4) is 0 Å². The van der Waals surface area contributed by atoms with E-state index in [1.54, 1.807) is 12.4 Å². The highest BCUT2D eigenvalue weighted by Gasteiger charge is 2.22. The van der Waals surface area contributed by atoms with Crippen LogP contribution in [0.2, 0.25) is 0 Å². The van der Waals surface area contributed by atoms with Gasteiger partial charge in [-0.15, -0.1) is 11.3 Å². The number of nitrogens with one attached hydrogen (secondary N) is 2. The lowest BCUT2D eigenvalue weighted by atomic mass is 9.92. The molecule has 1 amide bonds. The molecule has 1 atom stereocenters. The lowest BCUT2D eigenvalue weighted by Gasteiger charge is -2.26. The topological polar surface area (TPSA) is 66.9 Å². The molecule has 1 unspecified atom stereocenters. The number of nitrogens with zero attached hydrogens (tertiary/aromatic N) is 2. The second kappa shape index (κ2) is 7.13. The van der Waals surface area contributed by atoms with Gasteiger partial charge in [0.2, 0.25) is 5.91 Å². The van der Waals surface area contributed by atoms with Crippen LogP contribution in [-0.2, 0) is 11.2 Å². The van der Waals surface area contributed by atoms with E-state index >= 15 is 0 Å². The Balaban J connectivity index is 1.43. The number of thiazole rings is 1. The number of anilines is 1. The Labute approximate surface area is 150 Å². The van der Waals surface area contributed by atoms with Gasteiger partial charge in [0.05, 0.1) is 5.69 Å². The van der Waals surface area contributed by atoms with Crippen LogP contribution in [0.4, 0.5) is 5.13 Å². The fourth-order valence-corrected chi connectivity index (χ4v) is 3.85. The maximum absolute atomic E-state index is 12.4. The van der Waals surface area contributed by atoms with Crippen molar-refractivity contribution in [2.24, 2.45) is 0 Å². The second-order valence-corrected chi connectivity index (χ2v) is 6.84. The minimum Gasteiger partial charge on any atom is -0.309 e. The van der Waals surface area contributed by atoms with Gasteiger partial charge in [-0.05, 0) is 36.2 Å². The molecule has 1 aliphatic heterocycles. The Morgan fingerprint density at radius 2 is 2.08 bits per heavy atom. The van der Waals surface area contributed by atoms with Crippen molar-refractivity contribution < 1.29 is 4.79 Å². The average Bonchev–Trinajstić information content (AvgIpc) is 3.11. The van der Waals surface area contributed by atoms with E-state index in [0.29, 0.717) is 11.6 Å². The predicted molar refractivity (Wildman–Crippen MR) is 99.5 cm³/mol. The molecule has 2 N–H and O–H groups in total. The first-order chi connectivity index (χ1) is 12.3. The molecule has 0 spiro atoms. The number of amides is 1. The summed E-state index contributed by atoms with van der Waals surface area (Å²) in [6, 6.07) is 12.2. The summed E-state index contributed by atoms with van der Waals surface area (Å²) < 4.78 is 0. The molecule has 0 saturated carbocycles. The summed E-state index contributed by atoms with van der Waals surface area (Å²) in [6.07, 6.45) is 4.88. The number of benzene rings is 1. The number of carbonyl (C=O) groups excluding carboxylic acids is 1. The molecular formula is C19H18N4OS. The molecule has 0 fully saturated rings. The van der Waals surface area contributed by atoms with E-state index in [0.717, 1.165) is 24.2 Å². The van der Waals surface area contributed by atoms with E-state index in [1.807, 2.05) is 23.6 Å². The largest absolute Gasteiger partial charge is 0.309 e. The molecule has 0 saturated heterocycles. The number of carbonyl (C=O) groups is 1. The highest BCUT2D eigenvalue weighted by atomic mass is 32.1. The molecule has 3 aromatic rings. The lowest BCUT2D eigenvalue weighted by molar-refractivity contribution is -0.116. The summed E-state index contributed by atoms with van der Waals surface area (Å²) in [7, 11) is 0. The Kier molecular flexibility index (Phi) is 4.54. The van der Waals surface area contributed by atoms with Crippen molar-refractivity contribution >= 4 is 22.4 Å². The normalized spacial score (nSPS) is 16.2. The molecular weight excluding hydrogens is 332 g/mol. The number of hydrogen-bond donors (Lipinski definition) is 2. The number of hydrogen-bond acceptors (Lipinski definition) is 5. The standard InChI is InChI=1S/C19H18N4OS/c24-18(11-16-15-4-2-1-3-13(15)7-10-21-16)23-19-22-17(12-25-19)14-5-8-20-9-6-14/h1-6,8-9,12,16,21H,7,10-11H2,(H,22,23,24). The summed E-state index contributed by atoms with van der Waals surface area (Å²) in [4.78, 5) is 20.9. The third-order valence-electron chi connectivity index (χ3n) is 4.33. The van der Waals surface area contributed by atoms with E-state index in [4.69, 9.17) is 0 Å². The molecule has 25 heavy (non-hydrogen) atoms. The molecule has 0 aliphatic carbocycles. The number of rotatable bonds is 4. The van der Waals surface area contributed by atoms with Gasteiger partial charge in [-0.25, -0.2) is 4.98 Å². The fraction of sp³-hybridized carbons (Fsp3) is 0.211. The monoisotopic (exact) mass is 350 g/mol. The first-order valence-electron chi connectivity index (χ1n) is 8.26. The van der Waals surface area contributed by atoms with Gasteiger partial charge in [0.15, 0.2) is 5.13 Å². The van der Waals surface area contributed by atoms with Crippen LogP contribution < -0.4 is 10.6 Å². The molecule has 4 rings (SSSR count). The van der Waals surface area contributed by atoms with E-state index in [-0.39, 0.29) is 11.9 Å². The maximum Gasteiger partial charge on any atom is 0.228 e. The van der Waals surface area contributed by atoms with Crippen molar-refractivity contribution in [3.8, 4) is 11.3 Å². The van der Waals surface area contributed by atoms with E-state index < -0.39 is 0 Å². The third-order valence-corrected chi connectivity index (χ3v) is 5.09. The molecule has 0 bridgehead atoms. The van der Waals surface area contributed by atoms with Crippen molar-refractivity contribution in [3.05, 3.63) is 65.3 Å². The van der Waals surface area contributed by atoms with Crippen LogP contribution in [0.5, 0.6) is 0 Å². The molecule has 1 aromatic carbocycles. The number of aromatic nitrogens is 2. The van der Waals surface area contributed by atoms with Crippen LogP contribution in [0.15, 0.2) is 54.2 Å². The number of pyridine rings is 1. The smallest absolute Gasteiger partial charge is 0.228 e. The highest BCUT2D eigenvalue weighted by Crippen LogP contribution is 2.27. The van der Waals surface area contributed by atoms with Crippen molar-refractivity contribution in [3.63, 3.8) is 0 Å². The average molecular weight is 350 g/mol. The first-order valence-corrected chi connectivity index (χ1v) is 9.14. The zero-order chi connectivity index (χ0) is 17.1. The van der Waals surface area contributed by atoms with Gasteiger partial charge in [-0.1, -0.05) is 24.3 Å². The summed E-state index contributed by atoms with van der Waals surface area (Å²) in [5, 5.41) is 8.93. The van der Waals surface area contributed by atoms with Crippen molar-refractivity contribution in [1.29, 1.82) is 0 Å². The maximum atomic E-state index is 12.4. The molecule has 3 heterocycles. The first kappa shape index (κ1) is 15.9. The summed E-state index contributed by atoms with van der Waals surface area (Å²) in [6.45, 7) is 0.901. The minimum atomic E-state index is -0.0233. The number of fused-ring (bicyclic) bond motifs is 1. The molecule has 0 radical (unpaired) electrons. The SMILES string of the molecule is O=C(CC1NCCc2ccccc21)Nc1nc(-c2ccncc2)cs1. The molecule has 1 aliphatic rings. The zero-order valence-corrected chi connectivity index (χ0v) is 14.4. The predicted octanol–water partition coefficient (Wildman–Crippen LogP) is 3.42. The molecule has 6 heteroatoms. The highest BCUT2D eigenvalue weighted by molar-refractivity contribution is 7.14. The third kappa shape index (κ3) is 3.60. The van der Waals surface area contributed by atoms with Crippen molar-refractivity contribution in [1.82, 2.24) is 15.3 Å². The van der Waals surface area contributed by atoms with E-state index in [2.05, 4.69) is 38.8 Å². The Bertz CT molecular complexity index is 878. The van der Waals surface area contributed by atoms with Crippen molar-refractivity contribution in [2.45, 2.75) is 18.9 Å². The van der Waals surface area contributed by atoms with E-state index in [1.165, 1.54) is 22.5 Å². The van der Waals surface area contributed by atoms with Crippen LogP contribution in [-0.4, -0.2) is 22.4 Å². The summed E-state index contributed by atoms with van der Waals surface area (Å²) in [5.41, 5.74) is 4.40. The van der Waals surface area contributed by atoms with Crippen molar-refractivity contribution in [2.75, 3.05) is 11.9 Å². The Hall–Kier alpha value is -2.57. The van der Waals surface area contributed by atoms with Gasteiger partial charge >= 0.3 is 0 Å². The van der Waals surface area contributed by atoms with Gasteiger partial charge in [0.25, 0.3) is 0 Å². The Morgan fingerprint density at radius 3 is 2.96 bits per heavy atom. The van der Waals surface area contributed by atoms with Gasteiger partial charge in [0.1, 0.15) is 0 Å². The van der Waals surface area contributed by atoms with Gasteiger partial charge in [-0.3, -0.25) is 9.78 Å². The Morgan fingerprint density at radius 1 is 1.24 bits per heavy atom. The minimum absolute atomic E-state index is 0.0233. The zero-order valence-electron chi connectivity index (χ0n) is 13.6. The van der Waals surface area contributed by atoms with E-state index in [9.17, 15) is 4.79 Å². The van der Waals surface area contributed by atoms with Crippen LogP contribution in [0.1, 0.15) is 23.6 Å². The lowest BCUT2D eigenvalue weighted by Crippen LogP contribution is -2.32. The van der Waals surface area contributed by atoms with Crippen LogP contribution >= 0.6 is 11.3 Å². The summed E-state index contributed by atoms with van der Waals surface area (Å²) in [5.74, 6) is -0.0233. The van der Waals surface area contributed by atoms with Crippen LogP contribution in [0.25, 0.3) is 11.3 Å².